The molecule has 1 aromatic rings. The quantitative estimate of drug-likeness (QED) is 0.842. The SMILES string of the molecule is CCN(C)C(=O)Nc1cccc(C(C)NC)c1. The minimum atomic E-state index is -0.0817. The number of hydrogen-bond acceptors (Lipinski definition) is 2. The molecule has 0 bridgehead atoms. The van der Waals surface area contributed by atoms with Crippen molar-refractivity contribution in [1.82, 2.24) is 10.2 Å². The highest BCUT2D eigenvalue weighted by Gasteiger charge is 2.08. The summed E-state index contributed by atoms with van der Waals surface area (Å²) in [7, 11) is 3.69. The zero-order valence-electron chi connectivity index (χ0n) is 10.9. The lowest BCUT2D eigenvalue weighted by Gasteiger charge is -2.17. The third kappa shape index (κ3) is 3.75. The van der Waals surface area contributed by atoms with Crippen LogP contribution in [0.3, 0.4) is 0 Å². The molecule has 4 nitrogen and oxygen atoms in total. The Morgan fingerprint density at radius 2 is 2.18 bits per heavy atom. The van der Waals surface area contributed by atoms with E-state index in [1.54, 1.807) is 11.9 Å². The Morgan fingerprint density at radius 1 is 1.47 bits per heavy atom. The Hall–Kier alpha value is -1.55. The fourth-order valence-electron chi connectivity index (χ4n) is 1.41. The first-order valence-electron chi connectivity index (χ1n) is 5.87. The maximum Gasteiger partial charge on any atom is 0.321 e. The molecule has 0 aromatic heterocycles. The van der Waals surface area contributed by atoms with Gasteiger partial charge in [0, 0.05) is 25.3 Å². The van der Waals surface area contributed by atoms with Crippen molar-refractivity contribution < 1.29 is 4.79 Å². The molecule has 1 rings (SSSR count). The van der Waals surface area contributed by atoms with Crippen LogP contribution < -0.4 is 10.6 Å². The molecule has 0 aliphatic rings. The molecule has 4 heteroatoms. The Bertz CT molecular complexity index is 379. The molecule has 1 atom stereocenters. The van der Waals surface area contributed by atoms with Gasteiger partial charge in [0.2, 0.25) is 0 Å². The molecule has 0 saturated carbocycles. The van der Waals surface area contributed by atoms with E-state index in [0.29, 0.717) is 6.54 Å². The molecular formula is C13H21N3O. The van der Waals surface area contributed by atoms with Crippen LogP contribution in [0.15, 0.2) is 24.3 Å². The molecule has 2 N–H and O–H groups in total. The maximum absolute atomic E-state index is 11.7. The van der Waals surface area contributed by atoms with Gasteiger partial charge in [0.1, 0.15) is 0 Å². The smallest absolute Gasteiger partial charge is 0.321 e. The molecule has 1 unspecified atom stereocenters. The van der Waals surface area contributed by atoms with E-state index >= 15 is 0 Å². The summed E-state index contributed by atoms with van der Waals surface area (Å²) in [6.45, 7) is 4.72. The van der Waals surface area contributed by atoms with Crippen molar-refractivity contribution in [1.29, 1.82) is 0 Å². The summed E-state index contributed by atoms with van der Waals surface area (Å²) in [6, 6.07) is 8.07. The van der Waals surface area contributed by atoms with Gasteiger partial charge in [-0.3, -0.25) is 0 Å². The zero-order chi connectivity index (χ0) is 12.8. The van der Waals surface area contributed by atoms with Crippen LogP contribution in [0.5, 0.6) is 0 Å². The molecule has 0 radical (unpaired) electrons. The van der Waals surface area contributed by atoms with Crippen molar-refractivity contribution >= 4 is 11.7 Å². The number of nitrogens with zero attached hydrogens (tertiary/aromatic N) is 1. The molecule has 0 saturated heterocycles. The van der Waals surface area contributed by atoms with Gasteiger partial charge in [-0.05, 0) is 38.6 Å². The second kappa shape index (κ2) is 6.25. The van der Waals surface area contributed by atoms with Crippen molar-refractivity contribution in [2.45, 2.75) is 19.9 Å². The lowest BCUT2D eigenvalue weighted by atomic mass is 10.1. The maximum atomic E-state index is 11.7. The topological polar surface area (TPSA) is 44.4 Å². The van der Waals surface area contributed by atoms with Crippen LogP contribution >= 0.6 is 0 Å². The molecule has 0 heterocycles. The van der Waals surface area contributed by atoms with Crippen LogP contribution in [-0.4, -0.2) is 31.6 Å². The summed E-state index contributed by atoms with van der Waals surface area (Å²) in [6.07, 6.45) is 0. The summed E-state index contributed by atoms with van der Waals surface area (Å²) in [5.41, 5.74) is 1.99. The lowest BCUT2D eigenvalue weighted by Crippen LogP contribution is -2.31. The molecule has 0 spiro atoms. The number of hydrogen-bond donors (Lipinski definition) is 2. The summed E-state index contributed by atoms with van der Waals surface area (Å²) in [5.74, 6) is 0. The third-order valence-electron chi connectivity index (χ3n) is 2.89. The predicted octanol–water partition coefficient (Wildman–Crippen LogP) is 2.45. The minimum Gasteiger partial charge on any atom is -0.328 e. The molecule has 0 fully saturated rings. The molecule has 0 aliphatic carbocycles. The Labute approximate surface area is 103 Å². The standard InChI is InChI=1S/C13H21N3O/c1-5-16(4)13(17)15-12-8-6-7-11(9-12)10(2)14-3/h6-10,14H,5H2,1-4H3,(H,15,17). The average molecular weight is 235 g/mol. The van der Waals surface area contributed by atoms with Crippen LogP contribution in [0, 0.1) is 0 Å². The highest BCUT2D eigenvalue weighted by molar-refractivity contribution is 5.89. The lowest BCUT2D eigenvalue weighted by molar-refractivity contribution is 0.224. The van der Waals surface area contributed by atoms with E-state index in [4.69, 9.17) is 0 Å². The second-order valence-electron chi connectivity index (χ2n) is 4.08. The van der Waals surface area contributed by atoms with Gasteiger partial charge in [-0.1, -0.05) is 12.1 Å². The van der Waals surface area contributed by atoms with Gasteiger partial charge in [-0.2, -0.15) is 0 Å². The van der Waals surface area contributed by atoms with Gasteiger partial charge < -0.3 is 15.5 Å². The van der Waals surface area contributed by atoms with Crippen molar-refractivity contribution in [3.8, 4) is 0 Å². The van der Waals surface area contributed by atoms with E-state index in [2.05, 4.69) is 17.6 Å². The van der Waals surface area contributed by atoms with Crippen LogP contribution in [0.25, 0.3) is 0 Å². The number of carbonyl (C=O) groups excluding carboxylic acids is 1. The minimum absolute atomic E-state index is 0.0817. The molecular weight excluding hydrogens is 214 g/mol. The summed E-state index contributed by atoms with van der Waals surface area (Å²) in [4.78, 5) is 13.3. The largest absolute Gasteiger partial charge is 0.328 e. The molecule has 2 amide bonds. The van der Waals surface area contributed by atoms with E-state index in [9.17, 15) is 4.79 Å². The predicted molar refractivity (Wildman–Crippen MR) is 71.2 cm³/mol. The molecule has 1 aromatic carbocycles. The van der Waals surface area contributed by atoms with Gasteiger partial charge >= 0.3 is 6.03 Å². The Morgan fingerprint density at radius 3 is 2.76 bits per heavy atom. The normalized spacial score (nSPS) is 12.0. The van der Waals surface area contributed by atoms with Crippen molar-refractivity contribution in [3.63, 3.8) is 0 Å². The van der Waals surface area contributed by atoms with Gasteiger partial charge in [0.25, 0.3) is 0 Å². The van der Waals surface area contributed by atoms with Crippen molar-refractivity contribution in [2.24, 2.45) is 0 Å². The highest BCUT2D eigenvalue weighted by Crippen LogP contribution is 2.17. The first-order chi connectivity index (χ1) is 8.08. The number of benzene rings is 1. The summed E-state index contributed by atoms with van der Waals surface area (Å²) in [5, 5.41) is 6.04. The number of amides is 2. The highest BCUT2D eigenvalue weighted by atomic mass is 16.2. The number of urea groups is 1. The number of anilines is 1. The second-order valence-corrected chi connectivity index (χ2v) is 4.08. The Kier molecular flexibility index (Phi) is 4.97. The fraction of sp³-hybridized carbons (Fsp3) is 0.462. The molecule has 0 aliphatic heterocycles. The number of carbonyl (C=O) groups is 1. The molecule has 17 heavy (non-hydrogen) atoms. The number of nitrogens with one attached hydrogen (secondary N) is 2. The van der Waals surface area contributed by atoms with Crippen LogP contribution in [0.4, 0.5) is 10.5 Å². The van der Waals surface area contributed by atoms with Gasteiger partial charge in [-0.15, -0.1) is 0 Å². The van der Waals surface area contributed by atoms with Crippen LogP contribution in [0.2, 0.25) is 0 Å². The number of rotatable bonds is 4. The third-order valence-corrected chi connectivity index (χ3v) is 2.89. The monoisotopic (exact) mass is 235 g/mol. The van der Waals surface area contributed by atoms with Gasteiger partial charge in [0.05, 0.1) is 0 Å². The van der Waals surface area contributed by atoms with Gasteiger partial charge in [0.15, 0.2) is 0 Å². The fourth-order valence-corrected chi connectivity index (χ4v) is 1.41. The van der Waals surface area contributed by atoms with E-state index in [-0.39, 0.29) is 12.1 Å². The zero-order valence-corrected chi connectivity index (χ0v) is 10.9. The first kappa shape index (κ1) is 13.5. The van der Waals surface area contributed by atoms with Crippen LogP contribution in [0.1, 0.15) is 25.5 Å². The van der Waals surface area contributed by atoms with Gasteiger partial charge in [-0.25, -0.2) is 4.79 Å². The van der Waals surface area contributed by atoms with E-state index in [1.807, 2.05) is 38.2 Å². The van der Waals surface area contributed by atoms with Crippen molar-refractivity contribution in [3.05, 3.63) is 29.8 Å². The molecule has 94 valence electrons. The Balaban J connectivity index is 2.75. The average Bonchev–Trinajstić information content (AvgIpc) is 2.37. The summed E-state index contributed by atoms with van der Waals surface area (Å²) < 4.78 is 0. The van der Waals surface area contributed by atoms with E-state index in [1.165, 1.54) is 0 Å². The summed E-state index contributed by atoms with van der Waals surface area (Å²) >= 11 is 0. The van der Waals surface area contributed by atoms with Crippen LogP contribution in [-0.2, 0) is 0 Å². The van der Waals surface area contributed by atoms with E-state index < -0.39 is 0 Å². The van der Waals surface area contributed by atoms with E-state index in [0.717, 1.165) is 11.3 Å². The van der Waals surface area contributed by atoms with Crippen molar-refractivity contribution in [2.75, 3.05) is 26.0 Å². The first-order valence-corrected chi connectivity index (χ1v) is 5.87.